The number of hydrogen-bond donors (Lipinski definition) is 1. The Balaban J connectivity index is 2.86. The fourth-order valence-electron chi connectivity index (χ4n) is 1.55. The summed E-state index contributed by atoms with van der Waals surface area (Å²) >= 11 is 0. The highest BCUT2D eigenvalue weighted by Gasteiger charge is 2.08. The number of carbonyl (C=O) groups excluding carboxylic acids is 2. The third-order valence-corrected chi connectivity index (χ3v) is 2.61. The van der Waals surface area contributed by atoms with Gasteiger partial charge in [0, 0.05) is 5.69 Å². The minimum Gasteiger partial charge on any atom is -0.325 e. The van der Waals surface area contributed by atoms with Gasteiger partial charge in [-0.15, -0.1) is 0 Å². The fourth-order valence-corrected chi connectivity index (χ4v) is 1.55. The van der Waals surface area contributed by atoms with E-state index >= 15 is 0 Å². The van der Waals surface area contributed by atoms with E-state index < -0.39 is 0 Å². The molecule has 0 radical (unpaired) electrons. The van der Waals surface area contributed by atoms with Gasteiger partial charge in [-0.2, -0.15) is 0 Å². The summed E-state index contributed by atoms with van der Waals surface area (Å²) in [6.45, 7) is 7.56. The SMILES string of the molecule is CC(=O)CC(=O)Nc1cc(C(C)C)ccc1C. The molecule has 0 unspecified atom stereocenters. The van der Waals surface area contributed by atoms with Gasteiger partial charge in [0.15, 0.2) is 0 Å². The zero-order chi connectivity index (χ0) is 13.0. The second-order valence-corrected chi connectivity index (χ2v) is 4.66. The van der Waals surface area contributed by atoms with Crippen LogP contribution >= 0.6 is 0 Å². The zero-order valence-electron chi connectivity index (χ0n) is 10.8. The van der Waals surface area contributed by atoms with Crippen LogP contribution in [0.4, 0.5) is 5.69 Å². The lowest BCUT2D eigenvalue weighted by molar-refractivity contribution is -0.124. The Bertz CT molecular complexity index is 436. The summed E-state index contributed by atoms with van der Waals surface area (Å²) in [6, 6.07) is 6.01. The molecule has 0 atom stereocenters. The van der Waals surface area contributed by atoms with E-state index in [1.165, 1.54) is 12.5 Å². The average Bonchev–Trinajstić information content (AvgIpc) is 2.19. The molecule has 0 fully saturated rings. The predicted molar refractivity (Wildman–Crippen MR) is 69.2 cm³/mol. The number of anilines is 1. The van der Waals surface area contributed by atoms with Gasteiger partial charge in [0.1, 0.15) is 5.78 Å². The van der Waals surface area contributed by atoms with Crippen molar-refractivity contribution in [1.29, 1.82) is 0 Å². The quantitative estimate of drug-likeness (QED) is 0.812. The van der Waals surface area contributed by atoms with E-state index in [4.69, 9.17) is 0 Å². The molecule has 0 aliphatic carbocycles. The first kappa shape index (κ1) is 13.4. The summed E-state index contributed by atoms with van der Waals surface area (Å²) in [5, 5.41) is 2.78. The average molecular weight is 233 g/mol. The Morgan fingerprint density at radius 3 is 2.47 bits per heavy atom. The Morgan fingerprint density at radius 1 is 1.29 bits per heavy atom. The van der Waals surface area contributed by atoms with Gasteiger partial charge in [0.05, 0.1) is 6.42 Å². The number of benzene rings is 1. The highest BCUT2D eigenvalue weighted by Crippen LogP contribution is 2.22. The van der Waals surface area contributed by atoms with Gasteiger partial charge < -0.3 is 5.32 Å². The summed E-state index contributed by atoms with van der Waals surface area (Å²) < 4.78 is 0. The van der Waals surface area contributed by atoms with Crippen LogP contribution in [0.2, 0.25) is 0 Å². The molecule has 0 aromatic heterocycles. The van der Waals surface area contributed by atoms with Crippen LogP contribution in [0.3, 0.4) is 0 Å². The number of rotatable bonds is 4. The van der Waals surface area contributed by atoms with Crippen molar-refractivity contribution >= 4 is 17.4 Å². The van der Waals surface area contributed by atoms with Crippen molar-refractivity contribution in [2.45, 2.75) is 40.0 Å². The Morgan fingerprint density at radius 2 is 1.94 bits per heavy atom. The predicted octanol–water partition coefficient (Wildman–Crippen LogP) is 3.04. The molecule has 1 rings (SSSR count). The minimum absolute atomic E-state index is 0.0641. The third-order valence-electron chi connectivity index (χ3n) is 2.61. The van der Waals surface area contributed by atoms with Crippen LogP contribution in [0.5, 0.6) is 0 Å². The maximum atomic E-state index is 11.5. The van der Waals surface area contributed by atoms with E-state index in [1.807, 2.05) is 19.1 Å². The van der Waals surface area contributed by atoms with Crippen molar-refractivity contribution in [3.63, 3.8) is 0 Å². The van der Waals surface area contributed by atoms with Crippen molar-refractivity contribution < 1.29 is 9.59 Å². The molecule has 1 aromatic rings. The van der Waals surface area contributed by atoms with Crippen LogP contribution in [0, 0.1) is 6.92 Å². The molecule has 0 aliphatic heterocycles. The number of hydrogen-bond acceptors (Lipinski definition) is 2. The molecule has 1 amide bonds. The highest BCUT2D eigenvalue weighted by atomic mass is 16.2. The number of ketones is 1. The normalized spacial score (nSPS) is 10.4. The van der Waals surface area contributed by atoms with Gasteiger partial charge in [-0.1, -0.05) is 26.0 Å². The van der Waals surface area contributed by atoms with E-state index in [0.29, 0.717) is 5.92 Å². The highest BCUT2D eigenvalue weighted by molar-refractivity contribution is 6.03. The summed E-state index contributed by atoms with van der Waals surface area (Å²) in [7, 11) is 0. The molecule has 1 N–H and O–H groups in total. The van der Waals surface area contributed by atoms with E-state index in [9.17, 15) is 9.59 Å². The van der Waals surface area contributed by atoms with E-state index in [0.717, 1.165) is 11.3 Å². The third kappa shape index (κ3) is 4.02. The van der Waals surface area contributed by atoms with Crippen LogP contribution in [0.1, 0.15) is 44.2 Å². The second kappa shape index (κ2) is 5.62. The summed E-state index contributed by atoms with van der Waals surface area (Å²) in [4.78, 5) is 22.4. The Hall–Kier alpha value is -1.64. The smallest absolute Gasteiger partial charge is 0.231 e. The minimum atomic E-state index is -0.249. The molecule has 3 heteroatoms. The van der Waals surface area contributed by atoms with Crippen LogP contribution in [0.25, 0.3) is 0 Å². The molecule has 0 saturated carbocycles. The Labute approximate surface area is 102 Å². The molecular weight excluding hydrogens is 214 g/mol. The summed E-state index contributed by atoms with van der Waals surface area (Å²) in [5.74, 6) is 0.0423. The molecule has 92 valence electrons. The van der Waals surface area contributed by atoms with Gasteiger partial charge >= 0.3 is 0 Å². The fraction of sp³-hybridized carbons (Fsp3) is 0.429. The topological polar surface area (TPSA) is 46.2 Å². The molecule has 0 spiro atoms. The molecular formula is C14H19NO2. The van der Waals surface area contributed by atoms with Crippen molar-refractivity contribution in [2.75, 3.05) is 5.32 Å². The van der Waals surface area contributed by atoms with Gasteiger partial charge in [0.25, 0.3) is 0 Å². The van der Waals surface area contributed by atoms with Crippen molar-refractivity contribution in [3.8, 4) is 0 Å². The largest absolute Gasteiger partial charge is 0.325 e. The van der Waals surface area contributed by atoms with Crippen LogP contribution in [0.15, 0.2) is 18.2 Å². The van der Waals surface area contributed by atoms with E-state index in [2.05, 4.69) is 25.2 Å². The first-order valence-corrected chi connectivity index (χ1v) is 5.80. The first-order chi connectivity index (χ1) is 7.90. The molecule has 1 aromatic carbocycles. The van der Waals surface area contributed by atoms with E-state index in [1.54, 1.807) is 0 Å². The molecule has 17 heavy (non-hydrogen) atoms. The summed E-state index contributed by atoms with van der Waals surface area (Å²) in [6.07, 6.45) is -0.0641. The number of amides is 1. The number of carbonyl (C=O) groups is 2. The van der Waals surface area contributed by atoms with Gasteiger partial charge in [0.2, 0.25) is 5.91 Å². The molecule has 0 heterocycles. The maximum Gasteiger partial charge on any atom is 0.231 e. The Kier molecular flexibility index (Phi) is 4.44. The molecule has 3 nitrogen and oxygen atoms in total. The number of aryl methyl sites for hydroxylation is 1. The summed E-state index contributed by atoms with van der Waals surface area (Å²) in [5.41, 5.74) is 2.97. The molecule has 0 bridgehead atoms. The lowest BCUT2D eigenvalue weighted by Gasteiger charge is -2.12. The van der Waals surface area contributed by atoms with E-state index in [-0.39, 0.29) is 18.1 Å². The van der Waals surface area contributed by atoms with Crippen LogP contribution in [-0.2, 0) is 9.59 Å². The van der Waals surface area contributed by atoms with Crippen LogP contribution < -0.4 is 5.32 Å². The van der Waals surface area contributed by atoms with Gasteiger partial charge in [-0.3, -0.25) is 9.59 Å². The number of nitrogens with one attached hydrogen (secondary N) is 1. The maximum absolute atomic E-state index is 11.5. The second-order valence-electron chi connectivity index (χ2n) is 4.66. The number of Topliss-reactive ketones (excluding diaryl/α,β-unsaturated/α-hetero) is 1. The molecule has 0 aliphatic rings. The van der Waals surface area contributed by atoms with Crippen molar-refractivity contribution in [3.05, 3.63) is 29.3 Å². The van der Waals surface area contributed by atoms with Crippen molar-refractivity contribution in [1.82, 2.24) is 0 Å². The lowest BCUT2D eigenvalue weighted by Crippen LogP contribution is -2.15. The van der Waals surface area contributed by atoms with Gasteiger partial charge in [-0.05, 0) is 37.0 Å². The standard InChI is InChI=1S/C14H19NO2/c1-9(2)12-6-5-10(3)13(8-12)15-14(17)7-11(4)16/h5-6,8-9H,7H2,1-4H3,(H,15,17). The zero-order valence-corrected chi connectivity index (χ0v) is 10.8. The first-order valence-electron chi connectivity index (χ1n) is 5.80. The van der Waals surface area contributed by atoms with Crippen molar-refractivity contribution in [2.24, 2.45) is 0 Å². The lowest BCUT2D eigenvalue weighted by atomic mass is 10.0. The molecule has 0 saturated heterocycles. The van der Waals surface area contributed by atoms with Crippen LogP contribution in [-0.4, -0.2) is 11.7 Å². The monoisotopic (exact) mass is 233 g/mol. The van der Waals surface area contributed by atoms with Gasteiger partial charge in [-0.25, -0.2) is 0 Å².